The summed E-state index contributed by atoms with van der Waals surface area (Å²) in [5, 5.41) is 3.82. The van der Waals surface area contributed by atoms with Crippen LogP contribution in [-0.4, -0.2) is 32.8 Å². The molecule has 3 nitrogen and oxygen atoms in total. The molecule has 1 aliphatic heterocycles. The lowest BCUT2D eigenvalue weighted by Gasteiger charge is -2.29. The van der Waals surface area contributed by atoms with Gasteiger partial charge in [-0.05, 0) is 24.3 Å². The van der Waals surface area contributed by atoms with Gasteiger partial charge in [-0.3, -0.25) is 0 Å². The van der Waals surface area contributed by atoms with Crippen LogP contribution in [0.4, 0.5) is 5.69 Å². The van der Waals surface area contributed by atoms with Crippen molar-refractivity contribution in [2.75, 3.05) is 37.7 Å². The molecule has 1 aliphatic rings. The fourth-order valence-corrected chi connectivity index (χ4v) is 1.98. The molecule has 1 heterocycles. The molecule has 1 N–H and O–H groups in total. The molecule has 0 unspecified atom stereocenters. The highest BCUT2D eigenvalue weighted by Crippen LogP contribution is 2.20. The molecule has 0 saturated carbocycles. The summed E-state index contributed by atoms with van der Waals surface area (Å²) >= 11 is 11.2. The van der Waals surface area contributed by atoms with E-state index in [1.54, 1.807) is 0 Å². The monoisotopic (exact) mass is 286 g/mol. The number of halogens is 2. The van der Waals surface area contributed by atoms with Gasteiger partial charge in [0.1, 0.15) is 12.4 Å². The van der Waals surface area contributed by atoms with Crippen molar-refractivity contribution in [2.24, 2.45) is 0 Å². The Balaban J connectivity index is 1.92. The van der Waals surface area contributed by atoms with Gasteiger partial charge in [-0.2, -0.15) is 0 Å². The molecule has 0 aromatic heterocycles. The molecule has 2 rings (SSSR count). The second-order valence-electron chi connectivity index (χ2n) is 4.08. The molecule has 0 radical (unpaired) electrons. The Morgan fingerprint density at radius 3 is 2.56 bits per heavy atom. The summed E-state index contributed by atoms with van der Waals surface area (Å²) in [6.07, 6.45) is 0. The van der Waals surface area contributed by atoms with Crippen LogP contribution in [0.1, 0.15) is 0 Å². The summed E-state index contributed by atoms with van der Waals surface area (Å²) in [6, 6.07) is 8.05. The maximum Gasteiger partial charge on any atom is 0.125 e. The lowest BCUT2D eigenvalue weighted by atomic mass is 10.2. The normalized spacial score (nSPS) is 16.8. The first-order chi connectivity index (χ1) is 8.79. The largest absolute Gasteiger partial charge is 0.488 e. The zero-order chi connectivity index (χ0) is 12.8. The molecule has 98 valence electrons. The van der Waals surface area contributed by atoms with Crippen molar-refractivity contribution >= 4 is 28.9 Å². The summed E-state index contributed by atoms with van der Waals surface area (Å²) in [6.45, 7) is 4.46. The molecule has 1 saturated heterocycles. The van der Waals surface area contributed by atoms with E-state index in [1.165, 1.54) is 11.2 Å². The van der Waals surface area contributed by atoms with Gasteiger partial charge >= 0.3 is 0 Å². The van der Waals surface area contributed by atoms with E-state index in [9.17, 15) is 0 Å². The topological polar surface area (TPSA) is 24.5 Å². The minimum Gasteiger partial charge on any atom is -0.488 e. The summed E-state index contributed by atoms with van der Waals surface area (Å²) in [5.74, 6) is 0.797. The van der Waals surface area contributed by atoms with Crippen LogP contribution in [-0.2, 0) is 0 Å². The van der Waals surface area contributed by atoms with Gasteiger partial charge in [0.2, 0.25) is 0 Å². The molecule has 1 aromatic rings. The Bertz CT molecular complexity index is 400. The van der Waals surface area contributed by atoms with E-state index in [0.717, 1.165) is 31.9 Å². The predicted molar refractivity (Wildman–Crippen MR) is 76.8 cm³/mol. The maximum absolute atomic E-state index is 5.76. The van der Waals surface area contributed by atoms with Gasteiger partial charge in [-0.1, -0.05) is 23.2 Å². The summed E-state index contributed by atoms with van der Waals surface area (Å²) < 4.78 is 5.49. The summed E-state index contributed by atoms with van der Waals surface area (Å²) in [5.41, 5.74) is 2.54. The Morgan fingerprint density at radius 2 is 1.94 bits per heavy atom. The average Bonchev–Trinajstić information content (AvgIpc) is 2.46. The van der Waals surface area contributed by atoms with Gasteiger partial charge in [-0.15, -0.1) is 0 Å². The first-order valence-corrected chi connectivity index (χ1v) is 6.74. The van der Waals surface area contributed by atoms with Crippen LogP contribution in [0.25, 0.3) is 0 Å². The molecule has 0 aliphatic carbocycles. The van der Waals surface area contributed by atoms with Crippen molar-refractivity contribution in [1.82, 2.24) is 5.32 Å². The van der Waals surface area contributed by atoms with Gasteiger partial charge in [0.25, 0.3) is 0 Å². The van der Waals surface area contributed by atoms with Crippen molar-refractivity contribution in [2.45, 2.75) is 0 Å². The number of rotatable bonds is 4. The fourth-order valence-electron chi connectivity index (χ4n) is 1.86. The van der Waals surface area contributed by atoms with Crippen LogP contribution in [0.2, 0.25) is 0 Å². The van der Waals surface area contributed by atoms with Crippen molar-refractivity contribution < 1.29 is 4.74 Å². The van der Waals surface area contributed by atoms with E-state index in [4.69, 9.17) is 27.9 Å². The molecule has 18 heavy (non-hydrogen) atoms. The standard InChI is InChI=1S/C13H16Cl2N2O/c14-9-11(15)10-18-13-3-1-12(2-4-13)17-7-5-16-6-8-17/h1-4,9,16H,5-8,10H2. The molecule has 0 atom stereocenters. The van der Waals surface area contributed by atoms with Gasteiger partial charge in [0.15, 0.2) is 0 Å². The first kappa shape index (κ1) is 13.5. The molecular weight excluding hydrogens is 271 g/mol. The first-order valence-electron chi connectivity index (χ1n) is 5.93. The van der Waals surface area contributed by atoms with Crippen molar-refractivity contribution in [3.05, 3.63) is 34.8 Å². The molecule has 5 heteroatoms. The van der Waals surface area contributed by atoms with Crippen LogP contribution in [0.15, 0.2) is 34.8 Å². The van der Waals surface area contributed by atoms with E-state index in [1.807, 2.05) is 12.1 Å². The number of ether oxygens (including phenoxy) is 1. The molecule has 0 bridgehead atoms. The van der Waals surface area contributed by atoms with E-state index in [2.05, 4.69) is 22.3 Å². The van der Waals surface area contributed by atoms with E-state index in [-0.39, 0.29) is 0 Å². The minimum absolute atomic E-state index is 0.304. The second-order valence-corrected chi connectivity index (χ2v) is 4.78. The lowest BCUT2D eigenvalue weighted by molar-refractivity contribution is 0.359. The third kappa shape index (κ3) is 3.80. The SMILES string of the molecule is ClC=C(Cl)COc1ccc(N2CCNCC2)cc1. The highest BCUT2D eigenvalue weighted by Gasteiger charge is 2.09. The molecule has 1 fully saturated rings. The highest BCUT2D eigenvalue weighted by molar-refractivity contribution is 6.36. The summed E-state index contributed by atoms with van der Waals surface area (Å²) in [7, 11) is 0. The number of benzene rings is 1. The van der Waals surface area contributed by atoms with Gasteiger partial charge < -0.3 is 15.0 Å². The maximum atomic E-state index is 5.76. The van der Waals surface area contributed by atoms with E-state index >= 15 is 0 Å². The Kier molecular flexibility index (Phi) is 5.17. The second kappa shape index (κ2) is 6.88. The zero-order valence-corrected chi connectivity index (χ0v) is 11.5. The lowest BCUT2D eigenvalue weighted by Crippen LogP contribution is -2.43. The molecule has 0 spiro atoms. The number of nitrogens with one attached hydrogen (secondary N) is 1. The number of nitrogens with zero attached hydrogens (tertiary/aromatic N) is 1. The minimum atomic E-state index is 0.304. The van der Waals surface area contributed by atoms with E-state index < -0.39 is 0 Å². The van der Waals surface area contributed by atoms with Crippen LogP contribution >= 0.6 is 23.2 Å². The molecule has 0 amide bonds. The third-order valence-corrected chi connectivity index (χ3v) is 3.41. The fraction of sp³-hybridized carbons (Fsp3) is 0.385. The highest BCUT2D eigenvalue weighted by atomic mass is 35.5. The number of anilines is 1. The Labute approximate surface area is 117 Å². The molecular formula is C13H16Cl2N2O. The van der Waals surface area contributed by atoms with Crippen LogP contribution in [0, 0.1) is 0 Å². The van der Waals surface area contributed by atoms with Crippen LogP contribution < -0.4 is 15.0 Å². The van der Waals surface area contributed by atoms with Crippen LogP contribution in [0.5, 0.6) is 5.75 Å². The van der Waals surface area contributed by atoms with Crippen molar-refractivity contribution in [1.29, 1.82) is 0 Å². The Hall–Kier alpha value is -0.900. The van der Waals surface area contributed by atoms with Crippen molar-refractivity contribution in [3.63, 3.8) is 0 Å². The smallest absolute Gasteiger partial charge is 0.125 e. The number of piperazine rings is 1. The predicted octanol–water partition coefficient (Wildman–Crippen LogP) is 2.79. The van der Waals surface area contributed by atoms with Gasteiger partial charge in [-0.25, -0.2) is 0 Å². The summed E-state index contributed by atoms with van der Waals surface area (Å²) in [4.78, 5) is 2.35. The van der Waals surface area contributed by atoms with E-state index in [0.29, 0.717) is 11.6 Å². The van der Waals surface area contributed by atoms with Crippen LogP contribution in [0.3, 0.4) is 0 Å². The van der Waals surface area contributed by atoms with Crippen molar-refractivity contribution in [3.8, 4) is 5.75 Å². The number of hydrogen-bond donors (Lipinski definition) is 1. The Morgan fingerprint density at radius 1 is 1.28 bits per heavy atom. The zero-order valence-electron chi connectivity index (χ0n) is 10.0. The molecule has 1 aromatic carbocycles. The van der Waals surface area contributed by atoms with Gasteiger partial charge in [0.05, 0.1) is 5.03 Å². The third-order valence-electron chi connectivity index (χ3n) is 2.81. The average molecular weight is 287 g/mol. The quantitative estimate of drug-likeness (QED) is 0.921. The number of hydrogen-bond acceptors (Lipinski definition) is 3. The van der Waals surface area contributed by atoms with Gasteiger partial charge in [0, 0.05) is 37.4 Å².